The maximum Gasteiger partial charge on any atom is 0.329 e. The molecule has 3 rings (SSSR count). The van der Waals surface area contributed by atoms with Crippen molar-refractivity contribution >= 4 is 71.0 Å². The second-order valence-corrected chi connectivity index (χ2v) is 27.1. The summed E-state index contributed by atoms with van der Waals surface area (Å²) in [7, 11) is 8.35. The van der Waals surface area contributed by atoms with Gasteiger partial charge >= 0.3 is 11.9 Å². The quantitative estimate of drug-likeness (QED) is 0.182. The second-order valence-electron chi connectivity index (χ2n) is 27.1. The first-order valence-corrected chi connectivity index (χ1v) is 32.1. The van der Waals surface area contributed by atoms with Gasteiger partial charge in [-0.15, -0.1) is 0 Å². The van der Waals surface area contributed by atoms with Gasteiger partial charge < -0.3 is 64.9 Å². The molecule has 0 spiro atoms. The standard InChI is InChI=1S/C66H108N10O15/c1-23-40(11)54-56(79)67-35-49(78)72(18)52(38(7)8)57(80)68-45(33-43-28-30-44(89-22)31-29-43)64(87)90-42(13)59(82)76-32-26-25-27-46(76)60(83)73(19)53(39(9)10)58(81)70-50(36(3)4)62(85)71(17)47(61(84)75(21)55(41(12)24-2)63(86)74(54)20)34-48(77)69-51(37(5)6)65(88)91-66(14,15)16/h28-31,36-42,45-47,50-55H,23-27,32-35H2,1-22H3,(H,67,79)(H,68,80)(H,69,77)(H,70,81)/t40-,41-,42-,45-,46-,47-,50+,51-,52-,53-,54-,55-/m0/s1. The first-order valence-electron chi connectivity index (χ1n) is 32.1. The first kappa shape index (κ1) is 77.9. The Balaban J connectivity index is 2.35. The van der Waals surface area contributed by atoms with Crippen LogP contribution in [0.4, 0.5) is 0 Å². The highest BCUT2D eigenvalue weighted by molar-refractivity contribution is 6.00. The average Bonchev–Trinajstić information content (AvgIpc) is 1.15. The molecule has 512 valence electrons. The Kier molecular flexibility index (Phi) is 29.4. The van der Waals surface area contributed by atoms with Gasteiger partial charge in [-0.25, -0.2) is 9.59 Å². The van der Waals surface area contributed by atoms with Gasteiger partial charge in [0.15, 0.2) is 6.10 Å². The van der Waals surface area contributed by atoms with Crippen LogP contribution >= 0.6 is 0 Å². The highest BCUT2D eigenvalue weighted by Crippen LogP contribution is 2.27. The number of methoxy groups -OCH3 is 1. The lowest BCUT2D eigenvalue weighted by Gasteiger charge is -2.41. The number of carbonyl (C=O) groups excluding carboxylic acids is 12. The van der Waals surface area contributed by atoms with E-state index in [-0.39, 0.29) is 19.4 Å². The van der Waals surface area contributed by atoms with Crippen molar-refractivity contribution in [2.24, 2.45) is 35.5 Å². The summed E-state index contributed by atoms with van der Waals surface area (Å²) in [5, 5.41) is 11.0. The topological polar surface area (TPSA) is 300 Å². The van der Waals surface area contributed by atoms with Crippen LogP contribution in [0.3, 0.4) is 0 Å². The minimum Gasteiger partial charge on any atom is -0.497 e. The van der Waals surface area contributed by atoms with Gasteiger partial charge in [0.2, 0.25) is 53.2 Å². The number of benzene rings is 1. The van der Waals surface area contributed by atoms with Crippen molar-refractivity contribution in [2.75, 3.05) is 55.4 Å². The minimum absolute atomic E-state index is 0.0934. The molecule has 1 aromatic carbocycles. The average molecular weight is 1280 g/mol. The van der Waals surface area contributed by atoms with E-state index in [0.717, 1.165) is 14.7 Å². The maximum absolute atomic E-state index is 15.5. The Labute approximate surface area is 539 Å². The van der Waals surface area contributed by atoms with Gasteiger partial charge in [-0.1, -0.05) is 108 Å². The number of ether oxygens (including phenoxy) is 3. The molecule has 0 bridgehead atoms. The van der Waals surface area contributed by atoms with Crippen molar-refractivity contribution in [2.45, 2.75) is 222 Å². The van der Waals surface area contributed by atoms with E-state index in [0.29, 0.717) is 37.0 Å². The number of nitrogens with zero attached hydrogens (tertiary/aromatic N) is 6. The summed E-state index contributed by atoms with van der Waals surface area (Å²) >= 11 is 0. The third-order valence-electron chi connectivity index (χ3n) is 17.5. The molecule has 4 N–H and O–H groups in total. The molecular weight excluding hydrogens is 1170 g/mol. The van der Waals surface area contributed by atoms with Crippen LogP contribution in [0, 0.1) is 35.5 Å². The Bertz CT molecular complexity index is 2730. The van der Waals surface area contributed by atoms with Crippen LogP contribution in [0.1, 0.15) is 155 Å². The molecule has 0 aromatic heterocycles. The molecular formula is C66H108N10O15. The Morgan fingerprint density at radius 3 is 1.68 bits per heavy atom. The highest BCUT2D eigenvalue weighted by atomic mass is 16.6. The van der Waals surface area contributed by atoms with Crippen molar-refractivity contribution in [3.63, 3.8) is 0 Å². The van der Waals surface area contributed by atoms with Gasteiger partial charge in [0.05, 0.1) is 20.1 Å². The summed E-state index contributed by atoms with van der Waals surface area (Å²) in [6.45, 7) is 26.4. The molecule has 1 aromatic rings. The molecule has 10 amide bonds. The molecule has 91 heavy (non-hydrogen) atoms. The number of cyclic esters (lactones) is 1. The monoisotopic (exact) mass is 1280 g/mol. The molecule has 0 radical (unpaired) electrons. The lowest BCUT2D eigenvalue weighted by atomic mass is 9.92. The molecule has 2 fully saturated rings. The number of fused-ring (bicyclic) bond motifs is 1. The lowest BCUT2D eigenvalue weighted by molar-refractivity contribution is -0.165. The van der Waals surface area contributed by atoms with E-state index in [1.807, 2.05) is 6.92 Å². The van der Waals surface area contributed by atoms with E-state index in [4.69, 9.17) is 14.2 Å². The minimum atomic E-state index is -1.69. The van der Waals surface area contributed by atoms with Crippen molar-refractivity contribution in [1.29, 1.82) is 0 Å². The smallest absolute Gasteiger partial charge is 0.329 e. The highest BCUT2D eigenvalue weighted by Gasteiger charge is 2.46. The van der Waals surface area contributed by atoms with Gasteiger partial charge in [0.25, 0.3) is 5.91 Å². The lowest BCUT2D eigenvalue weighted by Crippen LogP contribution is -2.63. The molecule has 0 saturated carbocycles. The van der Waals surface area contributed by atoms with Crippen molar-refractivity contribution in [1.82, 2.24) is 50.7 Å². The van der Waals surface area contributed by atoms with Crippen LogP contribution in [-0.4, -0.2) is 222 Å². The number of esters is 2. The van der Waals surface area contributed by atoms with Crippen LogP contribution in [-0.2, 0) is 73.4 Å². The van der Waals surface area contributed by atoms with Crippen molar-refractivity contribution in [3.05, 3.63) is 29.8 Å². The zero-order chi connectivity index (χ0) is 69.4. The predicted molar refractivity (Wildman–Crippen MR) is 342 cm³/mol. The largest absolute Gasteiger partial charge is 0.497 e. The molecule has 0 unspecified atom stereocenters. The van der Waals surface area contributed by atoms with Crippen LogP contribution < -0.4 is 26.0 Å². The fraction of sp³-hybridized carbons (Fsp3) is 0.727. The fourth-order valence-electron chi connectivity index (χ4n) is 11.8. The van der Waals surface area contributed by atoms with E-state index >= 15 is 14.4 Å². The van der Waals surface area contributed by atoms with Gasteiger partial charge in [0, 0.05) is 48.2 Å². The van der Waals surface area contributed by atoms with Gasteiger partial charge in [-0.3, -0.25) is 47.9 Å². The van der Waals surface area contributed by atoms with Crippen LogP contribution in [0.2, 0.25) is 0 Å². The second kappa shape index (κ2) is 34.4. The Hall–Kier alpha value is -7.34. The third-order valence-corrected chi connectivity index (χ3v) is 17.5. The normalized spacial score (nSPS) is 25.5. The number of carbonyl (C=O) groups is 12. The molecule has 2 aliphatic heterocycles. The summed E-state index contributed by atoms with van der Waals surface area (Å²) in [5.41, 5.74) is -0.353. The number of nitrogens with one attached hydrogen (secondary N) is 4. The van der Waals surface area contributed by atoms with E-state index < -0.39 is 186 Å². The zero-order valence-corrected chi connectivity index (χ0v) is 58.2. The van der Waals surface area contributed by atoms with E-state index in [9.17, 15) is 43.2 Å². The molecule has 2 aliphatic rings. The predicted octanol–water partition coefficient (Wildman–Crippen LogP) is 3.72. The fourth-order valence-corrected chi connectivity index (χ4v) is 11.8. The van der Waals surface area contributed by atoms with Crippen LogP contribution in [0.25, 0.3) is 0 Å². The number of hydrogen-bond donors (Lipinski definition) is 4. The Morgan fingerprint density at radius 2 is 1.16 bits per heavy atom. The third kappa shape index (κ3) is 20.6. The van der Waals surface area contributed by atoms with E-state index in [2.05, 4.69) is 21.3 Å². The molecule has 2 heterocycles. The van der Waals surface area contributed by atoms with Gasteiger partial charge in [0.1, 0.15) is 65.7 Å². The van der Waals surface area contributed by atoms with E-state index in [1.165, 1.54) is 64.0 Å². The summed E-state index contributed by atoms with van der Waals surface area (Å²) < 4.78 is 16.9. The summed E-state index contributed by atoms with van der Waals surface area (Å²) in [5.74, 6) is -12.2. The first-order chi connectivity index (χ1) is 42.3. The molecule has 0 aliphatic carbocycles. The van der Waals surface area contributed by atoms with Crippen LogP contribution in [0.15, 0.2) is 24.3 Å². The molecule has 25 nitrogen and oxygen atoms in total. The number of rotatable bonds is 15. The molecule has 12 atom stereocenters. The SMILES string of the molecule is CC[C@H](C)[C@H]1C(=O)NCC(=O)N(C)[C@@H](C(C)C)C(=O)N[C@@H](Cc2ccc(OC)cc2)C(=O)O[C@@H](C)C(=O)N2CCCC[C@H]2C(=O)N(C)[C@@H](C(C)C)C(=O)N[C@H](C(C)C)C(=O)N(C)[C@@H](CC(=O)N[C@H](C(=O)OC(C)(C)C)C(C)C)C(=O)N(C)[C@@H]([C@@H](C)CC)C(=O)N1C. The summed E-state index contributed by atoms with van der Waals surface area (Å²) in [6, 6.07) is -5.15. The van der Waals surface area contributed by atoms with Crippen molar-refractivity contribution in [3.8, 4) is 5.75 Å². The van der Waals surface area contributed by atoms with Gasteiger partial charge in [-0.05, 0) is 100 Å². The molecule has 2 saturated heterocycles. The van der Waals surface area contributed by atoms with E-state index in [1.54, 1.807) is 121 Å². The number of likely N-dealkylation sites (N-methyl/N-ethyl adjacent to an activating group) is 5. The van der Waals surface area contributed by atoms with Crippen molar-refractivity contribution < 1.29 is 71.7 Å². The zero-order valence-electron chi connectivity index (χ0n) is 58.2. The van der Waals surface area contributed by atoms with Crippen LogP contribution in [0.5, 0.6) is 5.75 Å². The maximum atomic E-state index is 15.5. The number of amides is 10. The number of hydrogen-bond acceptors (Lipinski definition) is 15. The summed E-state index contributed by atoms with van der Waals surface area (Å²) in [6.07, 6.45) is -0.446. The van der Waals surface area contributed by atoms with Gasteiger partial charge in [-0.2, -0.15) is 0 Å². The summed E-state index contributed by atoms with van der Waals surface area (Å²) in [4.78, 5) is 183. The number of piperidine rings is 1. The molecule has 25 heteroatoms. The Morgan fingerprint density at radius 1 is 0.637 bits per heavy atom.